The Balaban J connectivity index is 2.17. The molecule has 1 aromatic carbocycles. The van der Waals surface area contributed by atoms with Crippen molar-refractivity contribution in [1.82, 2.24) is 5.32 Å². The lowest BCUT2D eigenvalue weighted by Crippen LogP contribution is -2.25. The van der Waals surface area contributed by atoms with Gasteiger partial charge in [-0.3, -0.25) is 4.79 Å². The lowest BCUT2D eigenvalue weighted by Gasteiger charge is -2.15. The number of para-hydroxylation sites is 1. The molecule has 116 valence electrons. The SMILES string of the molecule is Cc1cccc(C(=O)NCCCCCCCC(=O)[O-])c1[O-]. The highest BCUT2D eigenvalue weighted by molar-refractivity contribution is 5.96. The van der Waals surface area contributed by atoms with Gasteiger partial charge in [0.05, 0.1) is 0 Å². The van der Waals surface area contributed by atoms with Gasteiger partial charge in [-0.05, 0) is 26.2 Å². The Bertz CT molecular complexity index is 485. The van der Waals surface area contributed by atoms with Crippen molar-refractivity contribution in [2.45, 2.75) is 45.4 Å². The molecule has 0 spiro atoms. The highest BCUT2D eigenvalue weighted by Gasteiger charge is 2.06. The average molecular weight is 291 g/mol. The molecule has 0 heterocycles. The molecule has 0 atom stereocenters. The molecule has 5 nitrogen and oxygen atoms in total. The molecule has 0 saturated carbocycles. The van der Waals surface area contributed by atoms with E-state index in [1.54, 1.807) is 19.1 Å². The molecule has 0 radical (unpaired) electrons. The molecule has 0 bridgehead atoms. The lowest BCUT2D eigenvalue weighted by molar-refractivity contribution is -0.305. The second-order valence-electron chi connectivity index (χ2n) is 5.10. The Morgan fingerprint density at radius 3 is 2.48 bits per heavy atom. The van der Waals surface area contributed by atoms with Crippen molar-refractivity contribution < 1.29 is 19.8 Å². The van der Waals surface area contributed by atoms with Crippen LogP contribution in [0.2, 0.25) is 0 Å². The van der Waals surface area contributed by atoms with E-state index in [-0.39, 0.29) is 23.6 Å². The minimum atomic E-state index is -1.01. The second-order valence-corrected chi connectivity index (χ2v) is 5.10. The Labute approximate surface area is 125 Å². The summed E-state index contributed by atoms with van der Waals surface area (Å²) in [5, 5.41) is 24.7. The third-order valence-electron chi connectivity index (χ3n) is 3.30. The summed E-state index contributed by atoms with van der Waals surface area (Å²) in [6.45, 7) is 2.21. The van der Waals surface area contributed by atoms with Crippen molar-refractivity contribution in [1.29, 1.82) is 0 Å². The number of unbranched alkanes of at least 4 members (excludes halogenated alkanes) is 4. The van der Waals surface area contributed by atoms with Crippen molar-refractivity contribution in [3.8, 4) is 5.75 Å². The van der Waals surface area contributed by atoms with Gasteiger partial charge in [0, 0.05) is 18.1 Å². The molecule has 1 N–H and O–H groups in total. The summed E-state index contributed by atoms with van der Waals surface area (Å²) in [7, 11) is 0. The third-order valence-corrected chi connectivity index (χ3v) is 3.30. The van der Waals surface area contributed by atoms with Crippen LogP contribution in [0.25, 0.3) is 0 Å². The molecule has 0 aliphatic heterocycles. The van der Waals surface area contributed by atoms with Gasteiger partial charge in [0.2, 0.25) is 0 Å². The van der Waals surface area contributed by atoms with E-state index in [1.807, 2.05) is 0 Å². The molecule has 5 heteroatoms. The van der Waals surface area contributed by atoms with Crippen LogP contribution >= 0.6 is 0 Å². The minimum Gasteiger partial charge on any atom is -0.872 e. The first-order chi connectivity index (χ1) is 10.0. The fourth-order valence-corrected chi connectivity index (χ4v) is 2.05. The van der Waals surface area contributed by atoms with E-state index in [0.717, 1.165) is 25.7 Å². The number of rotatable bonds is 9. The van der Waals surface area contributed by atoms with E-state index in [0.29, 0.717) is 18.5 Å². The van der Waals surface area contributed by atoms with Crippen molar-refractivity contribution in [3.63, 3.8) is 0 Å². The molecule has 0 saturated heterocycles. The molecule has 0 aliphatic rings. The van der Waals surface area contributed by atoms with Crippen LogP contribution in [0.3, 0.4) is 0 Å². The standard InChI is InChI=1S/C16H23NO4/c1-12-8-7-9-13(15(12)20)16(21)17-11-6-4-2-3-5-10-14(18)19/h7-9,20H,2-6,10-11H2,1H3,(H,17,21)(H,18,19)/p-2. The van der Waals surface area contributed by atoms with Crippen LogP contribution in [-0.2, 0) is 4.79 Å². The number of amides is 1. The van der Waals surface area contributed by atoms with E-state index < -0.39 is 5.97 Å². The summed E-state index contributed by atoms with van der Waals surface area (Å²) in [6.07, 6.45) is 4.27. The number of aliphatic carboxylic acids is 1. The summed E-state index contributed by atoms with van der Waals surface area (Å²) < 4.78 is 0. The van der Waals surface area contributed by atoms with E-state index in [1.165, 1.54) is 6.07 Å². The summed E-state index contributed by atoms with van der Waals surface area (Å²) in [5.74, 6) is -1.56. The van der Waals surface area contributed by atoms with Crippen molar-refractivity contribution in [2.24, 2.45) is 0 Å². The Hall–Kier alpha value is -2.04. The normalized spacial score (nSPS) is 10.3. The van der Waals surface area contributed by atoms with Crippen molar-refractivity contribution >= 4 is 11.9 Å². The Kier molecular flexibility index (Phi) is 7.29. The summed E-state index contributed by atoms with van der Waals surface area (Å²) in [6, 6.07) is 4.92. The van der Waals surface area contributed by atoms with Gasteiger partial charge in [-0.1, -0.05) is 48.8 Å². The molecule has 1 rings (SSSR count). The zero-order chi connectivity index (χ0) is 15.7. The maximum atomic E-state index is 11.8. The van der Waals surface area contributed by atoms with E-state index in [2.05, 4.69) is 5.32 Å². The number of benzene rings is 1. The largest absolute Gasteiger partial charge is 0.872 e. The molecular formula is C16H21NO4-2. The van der Waals surface area contributed by atoms with Gasteiger partial charge in [0.15, 0.2) is 0 Å². The van der Waals surface area contributed by atoms with Crippen molar-refractivity contribution in [3.05, 3.63) is 29.3 Å². The van der Waals surface area contributed by atoms with Gasteiger partial charge in [-0.25, -0.2) is 0 Å². The number of carbonyl (C=O) groups excluding carboxylic acids is 2. The van der Waals surface area contributed by atoms with Gasteiger partial charge < -0.3 is 20.3 Å². The van der Waals surface area contributed by atoms with Gasteiger partial charge in [0.25, 0.3) is 5.91 Å². The number of carbonyl (C=O) groups is 2. The van der Waals surface area contributed by atoms with Gasteiger partial charge >= 0.3 is 0 Å². The fourth-order valence-electron chi connectivity index (χ4n) is 2.05. The van der Waals surface area contributed by atoms with Crippen molar-refractivity contribution in [2.75, 3.05) is 6.54 Å². The third kappa shape index (κ3) is 6.29. The first-order valence-corrected chi connectivity index (χ1v) is 7.27. The zero-order valence-electron chi connectivity index (χ0n) is 12.3. The molecule has 1 aromatic rings. The lowest BCUT2D eigenvalue weighted by atomic mass is 10.1. The summed E-state index contributed by atoms with van der Waals surface area (Å²) in [5.41, 5.74) is 0.750. The summed E-state index contributed by atoms with van der Waals surface area (Å²) >= 11 is 0. The molecule has 0 fully saturated rings. The summed E-state index contributed by atoms with van der Waals surface area (Å²) in [4.78, 5) is 22.1. The maximum Gasteiger partial charge on any atom is 0.250 e. The van der Waals surface area contributed by atoms with Crippen LogP contribution in [0, 0.1) is 6.92 Å². The Morgan fingerprint density at radius 1 is 1.10 bits per heavy atom. The monoisotopic (exact) mass is 291 g/mol. The van der Waals surface area contributed by atoms with E-state index in [9.17, 15) is 19.8 Å². The van der Waals surface area contributed by atoms with Crippen LogP contribution in [0.15, 0.2) is 18.2 Å². The van der Waals surface area contributed by atoms with Crippen LogP contribution in [-0.4, -0.2) is 18.4 Å². The highest BCUT2D eigenvalue weighted by Crippen LogP contribution is 2.17. The molecule has 1 amide bonds. The smallest absolute Gasteiger partial charge is 0.250 e. The topological polar surface area (TPSA) is 92.3 Å². The van der Waals surface area contributed by atoms with Gasteiger partial charge in [-0.2, -0.15) is 0 Å². The first kappa shape index (κ1) is 17.0. The molecular weight excluding hydrogens is 270 g/mol. The quantitative estimate of drug-likeness (QED) is 0.684. The fraction of sp³-hybridized carbons (Fsp3) is 0.500. The maximum absolute atomic E-state index is 11.8. The van der Waals surface area contributed by atoms with E-state index >= 15 is 0 Å². The van der Waals surface area contributed by atoms with Gasteiger partial charge in [-0.15, -0.1) is 0 Å². The van der Waals surface area contributed by atoms with E-state index in [4.69, 9.17) is 0 Å². The zero-order valence-corrected chi connectivity index (χ0v) is 12.3. The van der Waals surface area contributed by atoms with Crippen LogP contribution in [0.4, 0.5) is 0 Å². The van der Waals surface area contributed by atoms with Crippen LogP contribution in [0.1, 0.15) is 54.4 Å². The number of aryl methyl sites for hydroxylation is 1. The van der Waals surface area contributed by atoms with Crippen LogP contribution in [0.5, 0.6) is 5.75 Å². The number of nitrogens with one attached hydrogen (secondary N) is 1. The average Bonchev–Trinajstić information content (AvgIpc) is 2.44. The predicted molar refractivity (Wildman–Crippen MR) is 75.7 cm³/mol. The molecule has 21 heavy (non-hydrogen) atoms. The first-order valence-electron chi connectivity index (χ1n) is 7.27. The Morgan fingerprint density at radius 2 is 1.76 bits per heavy atom. The number of hydrogen-bond acceptors (Lipinski definition) is 4. The molecule has 0 unspecified atom stereocenters. The predicted octanol–water partition coefficient (Wildman–Crippen LogP) is 0.889. The van der Waals surface area contributed by atoms with Gasteiger partial charge in [0.1, 0.15) is 0 Å². The highest BCUT2D eigenvalue weighted by atomic mass is 16.4. The molecule has 0 aliphatic carbocycles. The number of carboxylic acid groups (broad SMARTS) is 1. The number of hydrogen-bond donors (Lipinski definition) is 1. The minimum absolute atomic E-state index is 0.108. The second kappa shape index (κ2) is 9.00. The van der Waals surface area contributed by atoms with Crippen LogP contribution < -0.4 is 15.5 Å². The number of carboxylic acids is 1. The molecule has 0 aromatic heterocycles.